The van der Waals surface area contributed by atoms with Crippen LogP contribution in [0.4, 0.5) is 10.1 Å². The fourth-order valence-corrected chi connectivity index (χ4v) is 4.11. The monoisotopic (exact) mass is 474 g/mol. The second-order valence-electron chi connectivity index (χ2n) is 7.72. The van der Waals surface area contributed by atoms with Crippen LogP contribution in [0.5, 0.6) is 0 Å². The molecular weight excluding hydrogens is 452 g/mol. The maximum atomic E-state index is 12.8. The van der Waals surface area contributed by atoms with Gasteiger partial charge in [-0.2, -0.15) is 5.10 Å². The molecule has 7 heteroatoms. The predicted molar refractivity (Wildman–Crippen MR) is 139 cm³/mol. The number of hydrogen-bond acceptors (Lipinski definition) is 5. The van der Waals surface area contributed by atoms with Crippen LogP contribution in [0.15, 0.2) is 84.0 Å². The third-order valence-corrected chi connectivity index (χ3v) is 6.11. The summed E-state index contributed by atoms with van der Waals surface area (Å²) < 4.78 is 0. The molecule has 33 heavy (non-hydrogen) atoms. The number of amides is 1. The topological polar surface area (TPSA) is 66.4 Å². The van der Waals surface area contributed by atoms with Gasteiger partial charge in [-0.05, 0) is 41.3 Å². The van der Waals surface area contributed by atoms with E-state index < -0.39 is 0 Å². The van der Waals surface area contributed by atoms with Crippen molar-refractivity contribution < 1.29 is 4.79 Å². The number of nitrogens with one attached hydrogen (secondary N) is 2. The van der Waals surface area contributed by atoms with E-state index in [2.05, 4.69) is 46.8 Å². The van der Waals surface area contributed by atoms with Gasteiger partial charge in [-0.25, -0.2) is 4.98 Å². The van der Waals surface area contributed by atoms with Gasteiger partial charge in [0.05, 0.1) is 6.21 Å². The highest BCUT2D eigenvalue weighted by Crippen LogP contribution is 2.36. The summed E-state index contributed by atoms with van der Waals surface area (Å²) in [7, 11) is 0. The first-order chi connectivity index (χ1) is 16.0. The Hall–Kier alpha value is -3.48. The maximum Gasteiger partial charge on any atom is 0.256 e. The highest BCUT2D eigenvalue weighted by atomic mass is 35.5. The third kappa shape index (κ3) is 5.86. The molecule has 1 aromatic heterocycles. The summed E-state index contributed by atoms with van der Waals surface area (Å²) in [6, 6.07) is 24.8. The zero-order chi connectivity index (χ0) is 23.2. The maximum absolute atomic E-state index is 12.8. The van der Waals surface area contributed by atoms with Gasteiger partial charge in [0.1, 0.15) is 10.7 Å². The van der Waals surface area contributed by atoms with Crippen molar-refractivity contribution in [2.75, 3.05) is 10.7 Å². The van der Waals surface area contributed by atoms with Gasteiger partial charge in [0.25, 0.3) is 5.91 Å². The summed E-state index contributed by atoms with van der Waals surface area (Å²) in [6.07, 6.45) is 1.75. The molecule has 0 atom stereocenters. The number of benzene rings is 3. The van der Waals surface area contributed by atoms with Gasteiger partial charge < -0.3 is 5.32 Å². The van der Waals surface area contributed by atoms with Crippen molar-refractivity contribution in [2.45, 2.75) is 19.8 Å². The number of rotatable bonds is 7. The molecule has 1 amide bonds. The summed E-state index contributed by atoms with van der Waals surface area (Å²) >= 11 is 7.27. The van der Waals surface area contributed by atoms with Crippen LogP contribution in [0.1, 0.15) is 41.3 Å². The van der Waals surface area contributed by atoms with Crippen molar-refractivity contribution in [3.63, 3.8) is 0 Å². The number of halogens is 1. The quantitative estimate of drug-likeness (QED) is 0.218. The number of carbonyl (C=O) groups is 1. The lowest BCUT2D eigenvalue weighted by Gasteiger charge is -2.05. The largest absolute Gasteiger partial charge is 0.312 e. The number of thiazole rings is 1. The second kappa shape index (κ2) is 10.4. The van der Waals surface area contributed by atoms with E-state index in [-0.39, 0.29) is 5.91 Å². The van der Waals surface area contributed by atoms with Crippen LogP contribution < -0.4 is 10.7 Å². The number of hydrazone groups is 1. The summed E-state index contributed by atoms with van der Waals surface area (Å²) in [5, 5.41) is 9.10. The van der Waals surface area contributed by atoms with E-state index in [4.69, 9.17) is 11.6 Å². The molecule has 0 saturated carbocycles. The standard InChI is InChI=1S/C26H23ClN4OS/c1-17(2)19-10-8-18(9-11-19)16-28-31-26-29-23(20-6-4-3-5-7-20)25(33-26)30-24(32)21-12-14-22(27)15-13-21/h3-17H,1-2H3,(H,29,31)(H,30,32). The summed E-state index contributed by atoms with van der Waals surface area (Å²) in [5.74, 6) is 0.259. The van der Waals surface area contributed by atoms with Gasteiger partial charge in [-0.15, -0.1) is 0 Å². The number of nitrogens with zero attached hydrogens (tertiary/aromatic N) is 2. The summed E-state index contributed by atoms with van der Waals surface area (Å²) in [6.45, 7) is 4.33. The van der Waals surface area contributed by atoms with Gasteiger partial charge in [0.2, 0.25) is 5.13 Å². The molecule has 3 aromatic carbocycles. The van der Waals surface area contributed by atoms with Crippen molar-refractivity contribution in [1.82, 2.24) is 4.98 Å². The Bertz CT molecular complexity index is 1250. The van der Waals surface area contributed by atoms with Crippen molar-refractivity contribution >= 4 is 45.2 Å². The fourth-order valence-electron chi connectivity index (χ4n) is 3.15. The first kappa shape index (κ1) is 22.7. The molecule has 0 radical (unpaired) electrons. The molecule has 166 valence electrons. The molecule has 0 aliphatic heterocycles. The average Bonchev–Trinajstić information content (AvgIpc) is 3.22. The van der Waals surface area contributed by atoms with Gasteiger partial charge >= 0.3 is 0 Å². The number of aromatic nitrogens is 1. The molecule has 0 bridgehead atoms. The van der Waals surface area contributed by atoms with E-state index in [1.54, 1.807) is 30.5 Å². The molecule has 0 aliphatic rings. The van der Waals surface area contributed by atoms with E-state index in [9.17, 15) is 4.79 Å². The average molecular weight is 475 g/mol. The van der Waals surface area contributed by atoms with Gasteiger partial charge in [-0.3, -0.25) is 10.2 Å². The molecule has 2 N–H and O–H groups in total. The Morgan fingerprint density at radius 1 is 1.00 bits per heavy atom. The Labute approximate surface area is 202 Å². The minimum Gasteiger partial charge on any atom is -0.312 e. The van der Waals surface area contributed by atoms with E-state index in [0.717, 1.165) is 11.1 Å². The zero-order valence-corrected chi connectivity index (χ0v) is 19.8. The first-order valence-corrected chi connectivity index (χ1v) is 11.7. The first-order valence-electron chi connectivity index (χ1n) is 10.5. The fraction of sp³-hybridized carbons (Fsp3) is 0.115. The molecular formula is C26H23ClN4OS. The van der Waals surface area contributed by atoms with Crippen LogP contribution in [-0.4, -0.2) is 17.1 Å². The Morgan fingerprint density at radius 2 is 1.70 bits per heavy atom. The molecule has 0 spiro atoms. The summed E-state index contributed by atoms with van der Waals surface area (Å²) in [5.41, 5.74) is 7.37. The van der Waals surface area contributed by atoms with E-state index in [1.165, 1.54) is 16.9 Å². The molecule has 1 heterocycles. The zero-order valence-electron chi connectivity index (χ0n) is 18.2. The Kier molecular flexibility index (Phi) is 7.17. The minimum absolute atomic E-state index is 0.229. The molecule has 4 rings (SSSR count). The summed E-state index contributed by atoms with van der Waals surface area (Å²) in [4.78, 5) is 17.4. The lowest BCUT2D eigenvalue weighted by atomic mass is 10.0. The predicted octanol–water partition coefficient (Wildman–Crippen LogP) is 7.29. The van der Waals surface area contributed by atoms with Gasteiger partial charge in [-0.1, -0.05) is 91.4 Å². The molecule has 0 saturated heterocycles. The van der Waals surface area contributed by atoms with Crippen LogP contribution in [-0.2, 0) is 0 Å². The second-order valence-corrected chi connectivity index (χ2v) is 9.15. The lowest BCUT2D eigenvalue weighted by molar-refractivity contribution is 0.102. The minimum atomic E-state index is -0.229. The van der Waals surface area contributed by atoms with Crippen LogP contribution in [0.25, 0.3) is 11.3 Å². The Balaban J connectivity index is 1.54. The smallest absolute Gasteiger partial charge is 0.256 e. The SMILES string of the molecule is CC(C)c1ccc(C=NNc2nc(-c3ccccc3)c(NC(=O)c3ccc(Cl)cc3)s2)cc1. The highest BCUT2D eigenvalue weighted by Gasteiger charge is 2.16. The molecule has 0 aliphatic carbocycles. The number of carbonyl (C=O) groups excluding carboxylic acids is 1. The van der Waals surface area contributed by atoms with Crippen LogP contribution in [0, 0.1) is 0 Å². The van der Waals surface area contributed by atoms with Crippen molar-refractivity contribution in [2.24, 2.45) is 5.10 Å². The van der Waals surface area contributed by atoms with Crippen LogP contribution in [0.3, 0.4) is 0 Å². The van der Waals surface area contributed by atoms with Crippen molar-refractivity contribution in [1.29, 1.82) is 0 Å². The Morgan fingerprint density at radius 3 is 2.36 bits per heavy atom. The number of hydrogen-bond donors (Lipinski definition) is 2. The van der Waals surface area contributed by atoms with Gasteiger partial charge in [0, 0.05) is 16.1 Å². The van der Waals surface area contributed by atoms with Crippen molar-refractivity contribution in [3.05, 3.63) is 101 Å². The molecule has 0 unspecified atom stereocenters. The van der Waals surface area contributed by atoms with E-state index in [1.807, 2.05) is 42.5 Å². The lowest BCUT2D eigenvalue weighted by Crippen LogP contribution is -2.11. The highest BCUT2D eigenvalue weighted by molar-refractivity contribution is 7.20. The molecule has 4 aromatic rings. The van der Waals surface area contributed by atoms with Crippen molar-refractivity contribution in [3.8, 4) is 11.3 Å². The van der Waals surface area contributed by atoms with E-state index in [0.29, 0.717) is 32.3 Å². The molecule has 5 nitrogen and oxygen atoms in total. The molecule has 0 fully saturated rings. The normalized spacial score (nSPS) is 11.2. The van der Waals surface area contributed by atoms with Gasteiger partial charge in [0.15, 0.2) is 0 Å². The number of anilines is 2. The van der Waals surface area contributed by atoms with Crippen LogP contribution >= 0.6 is 22.9 Å². The van der Waals surface area contributed by atoms with E-state index >= 15 is 0 Å². The van der Waals surface area contributed by atoms with Crippen LogP contribution in [0.2, 0.25) is 5.02 Å². The third-order valence-electron chi connectivity index (χ3n) is 4.98.